The fraction of sp³-hybridized carbons (Fsp3) is 0.500. The topological polar surface area (TPSA) is 141 Å². The molecule has 2 aliphatic rings. The molecule has 2 heterocycles. The third-order valence-corrected chi connectivity index (χ3v) is 9.09. The normalized spacial score (nSPS) is 19.3. The Morgan fingerprint density at radius 2 is 1.70 bits per heavy atom. The molecule has 11 nitrogen and oxygen atoms in total. The van der Waals surface area contributed by atoms with Gasteiger partial charge in [-0.15, -0.1) is 13.2 Å². The Morgan fingerprint density at radius 3 is 2.26 bits per heavy atom. The van der Waals surface area contributed by atoms with Crippen molar-refractivity contribution in [1.29, 1.82) is 0 Å². The number of aldehydes is 1. The number of hydrogen-bond acceptors (Lipinski definition) is 9. The Hall–Kier alpha value is -2.63. The van der Waals surface area contributed by atoms with Gasteiger partial charge in [0.15, 0.2) is 6.29 Å². The zero-order valence-electron chi connectivity index (χ0n) is 28.2. The summed E-state index contributed by atoms with van der Waals surface area (Å²) < 4.78 is 50.3. The van der Waals surface area contributed by atoms with Crippen LogP contribution in [0, 0.1) is 19.3 Å². The molecule has 5 atom stereocenters. The first-order chi connectivity index (χ1) is 21.6. The first kappa shape index (κ1) is 44.4. The number of ether oxygens (including phenoxy) is 4. The molecule has 0 radical (unpaired) electrons. The number of aliphatic hydroxyl groups is 1. The van der Waals surface area contributed by atoms with E-state index >= 15 is 0 Å². The maximum Gasteiger partial charge on any atom is 0.407 e. The minimum Gasteiger partial charge on any atom is -0.497 e. The molecule has 0 unspecified atom stereocenters. The predicted octanol–water partition coefficient (Wildman–Crippen LogP) is 4.89. The average Bonchev–Trinajstić information content (AvgIpc) is 3.67. The molecule has 2 fully saturated rings. The second-order valence-electron chi connectivity index (χ2n) is 10.7. The number of nitrogens with zero attached hydrogens (tertiary/aromatic N) is 1. The summed E-state index contributed by atoms with van der Waals surface area (Å²) in [5.41, 5.74) is 1.23. The number of sulfonamides is 1. The van der Waals surface area contributed by atoms with Crippen LogP contribution in [-0.2, 0) is 51.1 Å². The summed E-state index contributed by atoms with van der Waals surface area (Å²) in [4.78, 5) is 24.2. The van der Waals surface area contributed by atoms with Gasteiger partial charge in [0.05, 0.1) is 43.3 Å². The molecular formula is C34H51N2O9PdS-. The van der Waals surface area contributed by atoms with Crippen molar-refractivity contribution in [3.63, 3.8) is 0 Å². The number of hydrogen-bond donors (Lipinski definition) is 2. The van der Waals surface area contributed by atoms with Crippen LogP contribution in [0.3, 0.4) is 0 Å². The van der Waals surface area contributed by atoms with Gasteiger partial charge in [0.25, 0.3) is 0 Å². The molecule has 0 spiro atoms. The van der Waals surface area contributed by atoms with E-state index in [9.17, 15) is 23.1 Å². The molecule has 2 N–H and O–H groups in total. The fourth-order valence-corrected chi connectivity index (χ4v) is 6.67. The Labute approximate surface area is 294 Å². The van der Waals surface area contributed by atoms with Gasteiger partial charge >= 0.3 is 6.09 Å². The fourth-order valence-electron chi connectivity index (χ4n) is 5.05. The summed E-state index contributed by atoms with van der Waals surface area (Å²) in [6.45, 7) is 14.4. The number of carbonyl (C=O) groups is 2. The van der Waals surface area contributed by atoms with Gasteiger partial charge in [-0.25, -0.2) is 13.2 Å². The zero-order valence-corrected chi connectivity index (χ0v) is 30.6. The summed E-state index contributed by atoms with van der Waals surface area (Å²) >= 11 is 0. The summed E-state index contributed by atoms with van der Waals surface area (Å²) in [7, 11) is -2.49. The number of amides is 1. The van der Waals surface area contributed by atoms with E-state index in [2.05, 4.69) is 18.5 Å². The van der Waals surface area contributed by atoms with Crippen molar-refractivity contribution in [2.75, 3.05) is 33.4 Å². The van der Waals surface area contributed by atoms with Crippen LogP contribution in [0.1, 0.15) is 50.0 Å². The molecular weight excluding hydrogens is 719 g/mol. The largest absolute Gasteiger partial charge is 0.497 e. The van der Waals surface area contributed by atoms with Crippen molar-refractivity contribution in [3.05, 3.63) is 80.2 Å². The number of carbonyl (C=O) groups excluding carboxylic acids is 2. The van der Waals surface area contributed by atoms with Gasteiger partial charge < -0.3 is 36.8 Å². The Morgan fingerprint density at radius 1 is 1.09 bits per heavy atom. The van der Waals surface area contributed by atoms with Crippen LogP contribution in [-0.4, -0.2) is 88.2 Å². The van der Waals surface area contributed by atoms with E-state index in [0.29, 0.717) is 24.3 Å². The second-order valence-corrected chi connectivity index (χ2v) is 12.7. The molecule has 13 heteroatoms. The minimum absolute atomic E-state index is 0. The minimum atomic E-state index is -3.98. The standard InChI is InChI=1S/C29H38N2O9S.C2H6.C2H4.CH3.Pd/c1-19(2)15-31(41(35,36)23-10-8-22(37-3)9-11-23)16-26(33)25(14-20-4-6-21(17-32)7-5-20)30-29(34)40-27-18-39-28-24(27)12-13-38-28;2*1-2;;/h4-11,17,19,24-28,33H,12-16,18H2,1-3H3,(H,30,34);1-2H3;1-2H2;1H3;/q;;;-1;/t24-,25-,26+,27-,28+;;;;/m0..../s1. The van der Waals surface area contributed by atoms with E-state index < -0.39 is 40.7 Å². The second kappa shape index (κ2) is 22.1. The SMILES string of the molecule is C=C.CC.COc1ccc(S(=O)(=O)N(CC(C)C)C[C@@H](O)[C@H](Cc2ccc(C=O)cc2)NC(=O)O[C@H]2CO[C@H]3OCC[C@H]32)cc1.[CH3-].[Pd]. The van der Waals surface area contributed by atoms with Crippen molar-refractivity contribution in [2.45, 2.75) is 70.0 Å². The van der Waals surface area contributed by atoms with Crippen LogP contribution in [0.4, 0.5) is 4.79 Å². The Balaban J connectivity index is 0.00000339. The average molecular weight is 770 g/mol. The molecule has 47 heavy (non-hydrogen) atoms. The Kier molecular flexibility index (Phi) is 20.9. The molecule has 2 aromatic rings. The van der Waals surface area contributed by atoms with Crippen molar-refractivity contribution in [2.24, 2.45) is 11.8 Å². The van der Waals surface area contributed by atoms with Gasteiger partial charge in [0.2, 0.25) is 10.0 Å². The molecule has 0 aliphatic carbocycles. The van der Waals surface area contributed by atoms with E-state index in [0.717, 1.165) is 11.8 Å². The predicted molar refractivity (Wildman–Crippen MR) is 178 cm³/mol. The molecule has 0 aromatic heterocycles. The van der Waals surface area contributed by atoms with Gasteiger partial charge in [0.1, 0.15) is 18.1 Å². The van der Waals surface area contributed by atoms with Gasteiger partial charge in [-0.3, -0.25) is 4.79 Å². The van der Waals surface area contributed by atoms with E-state index in [1.54, 1.807) is 36.4 Å². The molecule has 2 aromatic carbocycles. The van der Waals surface area contributed by atoms with Crippen molar-refractivity contribution < 1.29 is 62.5 Å². The zero-order chi connectivity index (χ0) is 33.6. The first-order valence-electron chi connectivity index (χ1n) is 15.2. The van der Waals surface area contributed by atoms with Gasteiger partial charge in [0, 0.05) is 39.1 Å². The van der Waals surface area contributed by atoms with Crippen molar-refractivity contribution >= 4 is 22.4 Å². The van der Waals surface area contributed by atoms with Crippen molar-refractivity contribution in [3.8, 4) is 5.75 Å². The van der Waals surface area contributed by atoms with E-state index in [4.69, 9.17) is 18.9 Å². The van der Waals surface area contributed by atoms with Crippen LogP contribution in [0.25, 0.3) is 0 Å². The van der Waals surface area contributed by atoms with Crippen LogP contribution in [0.2, 0.25) is 0 Å². The van der Waals surface area contributed by atoms with E-state index in [-0.39, 0.29) is 70.7 Å². The monoisotopic (exact) mass is 769 g/mol. The molecule has 268 valence electrons. The maximum atomic E-state index is 13.6. The van der Waals surface area contributed by atoms with Crippen LogP contribution in [0.5, 0.6) is 5.75 Å². The van der Waals surface area contributed by atoms with Crippen LogP contribution >= 0.6 is 0 Å². The molecule has 1 amide bonds. The van der Waals surface area contributed by atoms with Crippen LogP contribution in [0.15, 0.2) is 66.6 Å². The number of methoxy groups -OCH3 is 1. The first-order valence-corrected chi connectivity index (χ1v) is 16.6. The number of benzene rings is 2. The number of alkyl carbamates (subject to hydrolysis) is 1. The molecule has 0 bridgehead atoms. The van der Waals surface area contributed by atoms with Gasteiger partial charge in [-0.05, 0) is 48.6 Å². The Bertz CT molecular complexity index is 1290. The third kappa shape index (κ3) is 12.7. The summed E-state index contributed by atoms with van der Waals surface area (Å²) in [6.07, 6.45) is -1.30. The number of nitrogens with one attached hydrogen (secondary N) is 1. The van der Waals surface area contributed by atoms with E-state index in [1.807, 2.05) is 27.7 Å². The molecule has 2 saturated heterocycles. The smallest absolute Gasteiger partial charge is 0.407 e. The number of fused-ring (bicyclic) bond motifs is 1. The third-order valence-electron chi connectivity index (χ3n) is 7.24. The van der Waals surface area contributed by atoms with E-state index in [1.165, 1.54) is 23.5 Å². The van der Waals surface area contributed by atoms with Gasteiger partial charge in [-0.2, -0.15) is 4.31 Å². The quantitative estimate of drug-likeness (QED) is 0.126. The molecule has 4 rings (SSSR count). The summed E-state index contributed by atoms with van der Waals surface area (Å²) in [6, 6.07) is 11.9. The van der Waals surface area contributed by atoms with Crippen molar-refractivity contribution in [1.82, 2.24) is 9.62 Å². The van der Waals surface area contributed by atoms with Crippen LogP contribution < -0.4 is 10.1 Å². The maximum absolute atomic E-state index is 13.6. The number of rotatable bonds is 13. The van der Waals surface area contributed by atoms with Gasteiger partial charge in [-0.1, -0.05) is 52.0 Å². The molecule has 2 aliphatic heterocycles. The summed E-state index contributed by atoms with van der Waals surface area (Å²) in [5.74, 6) is 0.425. The number of aliphatic hydroxyl groups excluding tert-OH is 1. The molecule has 0 saturated carbocycles. The summed E-state index contributed by atoms with van der Waals surface area (Å²) in [5, 5.41) is 14.2.